The lowest BCUT2D eigenvalue weighted by Crippen LogP contribution is -2.60. The van der Waals surface area contributed by atoms with Crippen LogP contribution in [-0.2, 0) is 14.4 Å². The van der Waals surface area contributed by atoms with Crippen LogP contribution in [0.15, 0.2) is 11.6 Å². The Balaban J connectivity index is 1.75. The number of hydrogen-bond acceptors (Lipinski definition) is 5. The first-order valence-corrected chi connectivity index (χ1v) is 9.80. The lowest BCUT2D eigenvalue weighted by atomic mass is 9.46. The average molecular weight is 360 g/mol. The fourth-order valence-corrected chi connectivity index (χ4v) is 6.98. The van der Waals surface area contributed by atoms with Crippen molar-refractivity contribution in [1.29, 1.82) is 0 Å². The van der Waals surface area contributed by atoms with Crippen LogP contribution in [0, 0.1) is 28.6 Å². The highest BCUT2D eigenvalue weighted by atomic mass is 16.3. The van der Waals surface area contributed by atoms with Crippen LogP contribution in [-0.4, -0.2) is 39.8 Å². The van der Waals surface area contributed by atoms with Crippen molar-refractivity contribution in [2.45, 2.75) is 64.4 Å². The van der Waals surface area contributed by atoms with Gasteiger partial charge in [-0.2, -0.15) is 0 Å². The number of carbonyl (C=O) groups is 3. The van der Waals surface area contributed by atoms with E-state index in [-0.39, 0.29) is 41.2 Å². The van der Waals surface area contributed by atoms with Crippen molar-refractivity contribution in [3.8, 4) is 0 Å². The molecule has 0 aromatic carbocycles. The van der Waals surface area contributed by atoms with Crippen molar-refractivity contribution in [3.63, 3.8) is 0 Å². The molecule has 0 amide bonds. The molecule has 4 aliphatic rings. The smallest absolute Gasteiger partial charge is 0.190 e. The van der Waals surface area contributed by atoms with Crippen LogP contribution in [0.1, 0.15) is 58.8 Å². The molecule has 0 bridgehead atoms. The van der Waals surface area contributed by atoms with Crippen LogP contribution in [0.25, 0.3) is 0 Å². The Morgan fingerprint density at radius 2 is 1.92 bits per heavy atom. The zero-order chi connectivity index (χ0) is 18.9. The normalized spacial score (nSPS) is 47.7. The zero-order valence-corrected chi connectivity index (χ0v) is 15.6. The molecule has 0 aromatic rings. The molecule has 0 spiro atoms. The number of ketones is 3. The molecule has 4 aliphatic carbocycles. The Morgan fingerprint density at radius 1 is 1.19 bits per heavy atom. The fourth-order valence-electron chi connectivity index (χ4n) is 6.98. The molecule has 5 heteroatoms. The minimum Gasteiger partial charge on any atom is -0.388 e. The van der Waals surface area contributed by atoms with E-state index in [1.807, 2.05) is 6.92 Å². The molecule has 0 saturated heterocycles. The van der Waals surface area contributed by atoms with Gasteiger partial charge in [-0.25, -0.2) is 0 Å². The minimum atomic E-state index is -1.60. The lowest BCUT2D eigenvalue weighted by molar-refractivity contribution is -0.170. The molecule has 0 aromatic heterocycles. The molecule has 2 N–H and O–H groups in total. The third kappa shape index (κ3) is 2.07. The topological polar surface area (TPSA) is 91.7 Å². The van der Waals surface area contributed by atoms with Crippen molar-refractivity contribution >= 4 is 17.3 Å². The van der Waals surface area contributed by atoms with E-state index in [0.29, 0.717) is 25.7 Å². The average Bonchev–Trinajstić information content (AvgIpc) is 2.86. The van der Waals surface area contributed by atoms with Crippen molar-refractivity contribution in [2.24, 2.45) is 28.6 Å². The summed E-state index contributed by atoms with van der Waals surface area (Å²) in [5, 5.41) is 20.5. The van der Waals surface area contributed by atoms with Gasteiger partial charge in [-0.1, -0.05) is 19.4 Å². The van der Waals surface area contributed by atoms with Gasteiger partial charge in [0.2, 0.25) is 0 Å². The maximum atomic E-state index is 13.3. The maximum absolute atomic E-state index is 13.3. The molecule has 3 saturated carbocycles. The highest BCUT2D eigenvalue weighted by molar-refractivity contribution is 5.94. The van der Waals surface area contributed by atoms with Crippen LogP contribution in [0.4, 0.5) is 0 Å². The van der Waals surface area contributed by atoms with E-state index in [1.165, 1.54) is 0 Å². The second kappa shape index (κ2) is 5.59. The zero-order valence-electron chi connectivity index (χ0n) is 15.6. The first-order chi connectivity index (χ1) is 12.2. The van der Waals surface area contributed by atoms with E-state index < -0.39 is 23.4 Å². The van der Waals surface area contributed by atoms with Crippen molar-refractivity contribution in [1.82, 2.24) is 0 Å². The Morgan fingerprint density at radius 3 is 2.62 bits per heavy atom. The van der Waals surface area contributed by atoms with Crippen LogP contribution in [0.5, 0.6) is 0 Å². The third-order valence-electron chi connectivity index (χ3n) is 8.41. The van der Waals surface area contributed by atoms with Gasteiger partial charge >= 0.3 is 0 Å². The van der Waals surface area contributed by atoms with Gasteiger partial charge < -0.3 is 10.2 Å². The quantitative estimate of drug-likeness (QED) is 0.786. The summed E-state index contributed by atoms with van der Waals surface area (Å²) in [7, 11) is 0. The summed E-state index contributed by atoms with van der Waals surface area (Å²) in [6.07, 6.45) is 5.83. The molecule has 0 heterocycles. The molecule has 142 valence electrons. The van der Waals surface area contributed by atoms with Gasteiger partial charge in [0.1, 0.15) is 18.0 Å². The molecule has 3 fully saturated rings. The first-order valence-electron chi connectivity index (χ1n) is 9.80. The maximum Gasteiger partial charge on any atom is 0.190 e. The molecule has 0 unspecified atom stereocenters. The molecule has 5 nitrogen and oxygen atoms in total. The Kier molecular flexibility index (Phi) is 3.88. The Labute approximate surface area is 153 Å². The fraction of sp³-hybridized carbons (Fsp3) is 0.762. The SMILES string of the molecule is C[C@@]12CCC(=O)C=C1CC[C@H]1[C@H]3CC[C@](O)(C(=O)CO)[C@]3(C)CC(=O)[C@@H]12. The second-order valence-electron chi connectivity index (χ2n) is 9.38. The third-order valence-corrected chi connectivity index (χ3v) is 8.41. The van der Waals surface area contributed by atoms with Gasteiger partial charge in [0.05, 0.1) is 0 Å². The van der Waals surface area contributed by atoms with Crippen LogP contribution >= 0.6 is 0 Å². The molecule has 26 heavy (non-hydrogen) atoms. The molecular weight excluding hydrogens is 332 g/mol. The Hall–Kier alpha value is -1.33. The van der Waals surface area contributed by atoms with E-state index in [4.69, 9.17) is 0 Å². The molecule has 4 rings (SSSR count). The van der Waals surface area contributed by atoms with Gasteiger partial charge in [-0.3, -0.25) is 14.4 Å². The van der Waals surface area contributed by atoms with Gasteiger partial charge in [-0.15, -0.1) is 0 Å². The molecule has 6 atom stereocenters. The monoisotopic (exact) mass is 360 g/mol. The number of hydrogen-bond donors (Lipinski definition) is 2. The van der Waals surface area contributed by atoms with E-state index in [1.54, 1.807) is 6.08 Å². The number of carbonyl (C=O) groups excluding carboxylic acids is 3. The van der Waals surface area contributed by atoms with Gasteiger partial charge in [0, 0.05) is 24.2 Å². The summed E-state index contributed by atoms with van der Waals surface area (Å²) >= 11 is 0. The van der Waals surface area contributed by atoms with Crippen LogP contribution < -0.4 is 0 Å². The lowest BCUT2D eigenvalue weighted by Gasteiger charge is -2.57. The van der Waals surface area contributed by atoms with Crippen molar-refractivity contribution in [3.05, 3.63) is 11.6 Å². The first kappa shape index (κ1) is 18.1. The van der Waals surface area contributed by atoms with Crippen molar-refractivity contribution < 1.29 is 24.6 Å². The molecule has 0 radical (unpaired) electrons. The van der Waals surface area contributed by atoms with E-state index in [0.717, 1.165) is 18.4 Å². The largest absolute Gasteiger partial charge is 0.388 e. The molecule has 0 aliphatic heterocycles. The summed E-state index contributed by atoms with van der Waals surface area (Å²) < 4.78 is 0. The number of Topliss-reactive ketones (excluding diaryl/α,β-unsaturated/α-hetero) is 2. The van der Waals surface area contributed by atoms with E-state index in [2.05, 4.69) is 6.92 Å². The van der Waals surface area contributed by atoms with Crippen LogP contribution in [0.2, 0.25) is 0 Å². The summed E-state index contributed by atoms with van der Waals surface area (Å²) in [5.41, 5.74) is -1.55. The summed E-state index contributed by atoms with van der Waals surface area (Å²) in [6, 6.07) is 0. The summed E-state index contributed by atoms with van der Waals surface area (Å²) in [4.78, 5) is 37.5. The number of aliphatic hydroxyl groups excluding tert-OH is 1. The summed E-state index contributed by atoms with van der Waals surface area (Å²) in [5.74, 6) is -0.172. The number of aliphatic hydroxyl groups is 2. The predicted octanol–water partition coefficient (Wildman–Crippen LogP) is 1.99. The van der Waals surface area contributed by atoms with E-state index >= 15 is 0 Å². The predicted molar refractivity (Wildman–Crippen MR) is 94.1 cm³/mol. The van der Waals surface area contributed by atoms with Crippen LogP contribution in [0.3, 0.4) is 0 Å². The minimum absolute atomic E-state index is 0.0988. The Bertz CT molecular complexity index is 724. The van der Waals surface area contributed by atoms with Gasteiger partial charge in [0.15, 0.2) is 11.6 Å². The van der Waals surface area contributed by atoms with Crippen molar-refractivity contribution in [2.75, 3.05) is 6.61 Å². The number of rotatable bonds is 2. The highest BCUT2D eigenvalue weighted by Gasteiger charge is 2.68. The summed E-state index contributed by atoms with van der Waals surface area (Å²) in [6.45, 7) is 3.31. The van der Waals surface area contributed by atoms with Gasteiger partial charge in [-0.05, 0) is 55.4 Å². The standard InChI is InChI=1S/C21H28O5/c1-19-7-5-13(23)9-12(19)3-4-14-15-6-8-21(26,17(25)11-22)20(15,2)10-16(24)18(14)19/h9,14-15,18,22,26H,3-8,10-11H2,1-2H3/t14-,15+,18+,19+,20+,21-/m0/s1. The highest BCUT2D eigenvalue weighted by Crippen LogP contribution is 2.66. The second-order valence-corrected chi connectivity index (χ2v) is 9.38. The van der Waals surface area contributed by atoms with E-state index in [9.17, 15) is 24.6 Å². The number of fused-ring (bicyclic) bond motifs is 5. The van der Waals surface area contributed by atoms with Gasteiger partial charge in [0.25, 0.3) is 0 Å². The molecular formula is C21H28O5. The number of allylic oxidation sites excluding steroid dienone is 1.